The Hall–Kier alpha value is -1.56. The van der Waals surface area contributed by atoms with Crippen LogP contribution >= 0.6 is 0 Å². The van der Waals surface area contributed by atoms with Gasteiger partial charge in [-0.2, -0.15) is 5.90 Å². The van der Waals surface area contributed by atoms with Gasteiger partial charge in [0.05, 0.1) is 6.61 Å². The van der Waals surface area contributed by atoms with Gasteiger partial charge in [0, 0.05) is 0 Å². The molecule has 0 saturated carbocycles. The number of nitrogens with two attached hydrogens (primary N) is 1. The Morgan fingerprint density at radius 1 is 1.58 bits per heavy atom. The molecule has 68 valence electrons. The summed E-state index contributed by atoms with van der Waals surface area (Å²) in [6.07, 6.45) is -0.770. The van der Waals surface area contributed by atoms with Crippen molar-refractivity contribution in [1.29, 1.82) is 0 Å². The summed E-state index contributed by atoms with van der Waals surface area (Å²) in [5.74, 6) is 3.61. The summed E-state index contributed by atoms with van der Waals surface area (Å²) in [6, 6.07) is 0. The summed E-state index contributed by atoms with van der Waals surface area (Å²) in [4.78, 5) is 24.9. The molecule has 12 heavy (non-hydrogen) atoms. The number of nitrogens with one attached hydrogen (secondary N) is 1. The molecule has 6 nitrogen and oxygen atoms in total. The number of alkyl carbamates (subject to hydrolysis) is 1. The zero-order valence-electron chi connectivity index (χ0n) is 6.62. The second-order valence-electron chi connectivity index (χ2n) is 1.73. The molecule has 0 unspecified atom stereocenters. The minimum absolute atomic E-state index is 0.205. The Labute approximate surface area is 69.3 Å². The van der Waals surface area contributed by atoms with Crippen LogP contribution in [0.4, 0.5) is 4.79 Å². The lowest BCUT2D eigenvalue weighted by atomic mass is 10.5. The monoisotopic (exact) mass is 174 g/mol. The van der Waals surface area contributed by atoms with Gasteiger partial charge in [-0.05, 0) is 6.92 Å². The molecule has 0 saturated heterocycles. The quantitative estimate of drug-likeness (QED) is 0.451. The first-order valence-electron chi connectivity index (χ1n) is 3.15. The Morgan fingerprint density at radius 3 is 2.58 bits per heavy atom. The van der Waals surface area contributed by atoms with Crippen molar-refractivity contribution in [2.75, 3.05) is 6.61 Å². The number of hydrogen-bond donors (Lipinski definition) is 2. The molecule has 3 N–H and O–H groups in total. The standard InChI is InChI=1S/C6H10N2O4/c1-3-11-6(10)8-4(2)5(9)12-7/h2-3,7H2,1H3,(H,8,10). The van der Waals surface area contributed by atoms with Crippen molar-refractivity contribution < 1.29 is 19.2 Å². The molecule has 0 atom stereocenters. The topological polar surface area (TPSA) is 90.6 Å². The van der Waals surface area contributed by atoms with E-state index in [2.05, 4.69) is 22.1 Å². The molecule has 0 aromatic carbocycles. The van der Waals surface area contributed by atoms with Crippen molar-refractivity contribution in [2.45, 2.75) is 6.92 Å². The first-order chi connectivity index (χ1) is 5.61. The van der Waals surface area contributed by atoms with E-state index >= 15 is 0 Å². The molecular formula is C6H10N2O4. The van der Waals surface area contributed by atoms with E-state index in [1.54, 1.807) is 6.92 Å². The van der Waals surface area contributed by atoms with E-state index in [4.69, 9.17) is 0 Å². The van der Waals surface area contributed by atoms with E-state index < -0.39 is 12.1 Å². The van der Waals surface area contributed by atoms with E-state index in [0.717, 1.165) is 0 Å². The number of carbonyl (C=O) groups excluding carboxylic acids is 2. The van der Waals surface area contributed by atoms with Gasteiger partial charge in [0.25, 0.3) is 0 Å². The van der Waals surface area contributed by atoms with Crippen LogP contribution in [0.1, 0.15) is 6.92 Å². The second-order valence-corrected chi connectivity index (χ2v) is 1.73. The summed E-state index contributed by atoms with van der Waals surface area (Å²) in [6.45, 7) is 5.01. The Balaban J connectivity index is 3.84. The number of carbonyl (C=O) groups is 2. The van der Waals surface area contributed by atoms with Crippen LogP contribution in [0.3, 0.4) is 0 Å². The highest BCUT2D eigenvalue weighted by molar-refractivity contribution is 5.91. The molecular weight excluding hydrogens is 164 g/mol. The summed E-state index contributed by atoms with van der Waals surface area (Å²) in [5, 5.41) is 2.02. The minimum atomic E-state index is -0.914. The van der Waals surface area contributed by atoms with Crippen molar-refractivity contribution in [3.63, 3.8) is 0 Å². The SMILES string of the molecule is C=C(NC(=O)OCC)C(=O)ON. The fourth-order valence-electron chi connectivity index (χ4n) is 0.413. The Bertz CT molecular complexity index is 202. The lowest BCUT2D eigenvalue weighted by Crippen LogP contribution is -2.29. The van der Waals surface area contributed by atoms with Crippen LogP contribution in [0.25, 0.3) is 0 Å². The maximum absolute atomic E-state index is 10.6. The zero-order valence-corrected chi connectivity index (χ0v) is 6.62. The van der Waals surface area contributed by atoms with Crippen LogP contribution in [0.5, 0.6) is 0 Å². The predicted molar refractivity (Wildman–Crippen MR) is 39.6 cm³/mol. The zero-order chi connectivity index (χ0) is 9.56. The molecule has 0 fully saturated rings. The van der Waals surface area contributed by atoms with E-state index in [-0.39, 0.29) is 12.3 Å². The molecule has 0 heterocycles. The molecule has 0 aliphatic rings. The van der Waals surface area contributed by atoms with Crippen LogP contribution in [0.2, 0.25) is 0 Å². The molecule has 0 aromatic rings. The molecule has 1 amide bonds. The lowest BCUT2D eigenvalue weighted by molar-refractivity contribution is -0.139. The van der Waals surface area contributed by atoms with Crippen molar-refractivity contribution in [1.82, 2.24) is 5.32 Å². The fraction of sp³-hybridized carbons (Fsp3) is 0.333. The molecule has 0 radical (unpaired) electrons. The Morgan fingerprint density at radius 2 is 2.17 bits per heavy atom. The van der Waals surface area contributed by atoms with Gasteiger partial charge in [0.1, 0.15) is 5.70 Å². The average molecular weight is 174 g/mol. The fourth-order valence-corrected chi connectivity index (χ4v) is 0.413. The van der Waals surface area contributed by atoms with E-state index in [1.807, 2.05) is 5.32 Å². The number of hydrogen-bond acceptors (Lipinski definition) is 5. The van der Waals surface area contributed by atoms with Gasteiger partial charge in [0.2, 0.25) is 0 Å². The Kier molecular flexibility index (Phi) is 4.47. The third-order valence-electron chi connectivity index (χ3n) is 0.882. The summed E-state index contributed by atoms with van der Waals surface area (Å²) in [7, 11) is 0. The van der Waals surface area contributed by atoms with Gasteiger partial charge >= 0.3 is 12.1 Å². The van der Waals surface area contributed by atoms with Gasteiger partial charge in [-0.3, -0.25) is 5.32 Å². The number of ether oxygens (including phenoxy) is 1. The highest BCUT2D eigenvalue weighted by Crippen LogP contribution is 1.88. The van der Waals surface area contributed by atoms with Gasteiger partial charge in [-0.25, -0.2) is 9.59 Å². The molecule has 0 aliphatic heterocycles. The highest BCUT2D eigenvalue weighted by atomic mass is 16.7. The van der Waals surface area contributed by atoms with Crippen molar-refractivity contribution >= 4 is 12.1 Å². The molecule has 6 heteroatoms. The van der Waals surface area contributed by atoms with Crippen LogP contribution < -0.4 is 11.2 Å². The number of rotatable bonds is 3. The van der Waals surface area contributed by atoms with E-state index in [1.165, 1.54) is 0 Å². The van der Waals surface area contributed by atoms with E-state index in [9.17, 15) is 9.59 Å². The molecule has 0 rings (SSSR count). The van der Waals surface area contributed by atoms with Crippen LogP contribution in [0, 0.1) is 0 Å². The summed E-state index contributed by atoms with van der Waals surface area (Å²) < 4.78 is 4.45. The third-order valence-corrected chi connectivity index (χ3v) is 0.882. The van der Waals surface area contributed by atoms with Gasteiger partial charge in [-0.1, -0.05) is 6.58 Å². The maximum Gasteiger partial charge on any atom is 0.411 e. The molecule has 0 bridgehead atoms. The average Bonchev–Trinajstić information content (AvgIpc) is 2.03. The smallest absolute Gasteiger partial charge is 0.411 e. The van der Waals surface area contributed by atoms with Crippen LogP contribution in [0.15, 0.2) is 12.3 Å². The van der Waals surface area contributed by atoms with Crippen molar-refractivity contribution in [3.05, 3.63) is 12.3 Å². The highest BCUT2D eigenvalue weighted by Gasteiger charge is 2.10. The van der Waals surface area contributed by atoms with Gasteiger partial charge < -0.3 is 9.57 Å². The summed E-state index contributed by atoms with van der Waals surface area (Å²) in [5.41, 5.74) is -0.268. The molecule has 0 aromatic heterocycles. The number of amides is 1. The minimum Gasteiger partial charge on any atom is -0.450 e. The second kappa shape index (κ2) is 5.14. The lowest BCUT2D eigenvalue weighted by Gasteiger charge is -2.04. The van der Waals surface area contributed by atoms with Crippen LogP contribution in [-0.2, 0) is 14.4 Å². The van der Waals surface area contributed by atoms with Gasteiger partial charge in [-0.15, -0.1) is 0 Å². The third kappa shape index (κ3) is 3.57. The molecule has 0 aliphatic carbocycles. The summed E-state index contributed by atoms with van der Waals surface area (Å²) >= 11 is 0. The first-order valence-corrected chi connectivity index (χ1v) is 3.15. The van der Waals surface area contributed by atoms with Crippen molar-refractivity contribution in [3.8, 4) is 0 Å². The normalized spacial score (nSPS) is 8.50. The maximum atomic E-state index is 10.6. The van der Waals surface area contributed by atoms with Crippen molar-refractivity contribution in [2.24, 2.45) is 5.90 Å². The first kappa shape index (κ1) is 10.4. The van der Waals surface area contributed by atoms with Gasteiger partial charge in [0.15, 0.2) is 0 Å². The largest absolute Gasteiger partial charge is 0.450 e. The van der Waals surface area contributed by atoms with Crippen LogP contribution in [-0.4, -0.2) is 18.7 Å². The predicted octanol–water partition coefficient (Wildman–Crippen LogP) is -0.337. The van der Waals surface area contributed by atoms with E-state index in [0.29, 0.717) is 0 Å². The molecule has 0 spiro atoms.